The van der Waals surface area contributed by atoms with E-state index in [9.17, 15) is 9.59 Å². The summed E-state index contributed by atoms with van der Waals surface area (Å²) in [5.41, 5.74) is 2.41. The SMILES string of the molecule is O=C(NCC[NH+]1CCCCC1)c1ccc(CN2C(=O)COc3ccccc32)cc1. The lowest BCUT2D eigenvalue weighted by Gasteiger charge is -2.29. The molecule has 2 aromatic rings. The smallest absolute Gasteiger partial charge is 0.265 e. The fourth-order valence-corrected chi connectivity index (χ4v) is 4.03. The summed E-state index contributed by atoms with van der Waals surface area (Å²) in [6, 6.07) is 15.0. The first-order chi connectivity index (χ1) is 14.2. The van der Waals surface area contributed by atoms with Crippen LogP contribution in [0.15, 0.2) is 48.5 Å². The minimum atomic E-state index is -0.0641. The summed E-state index contributed by atoms with van der Waals surface area (Å²) in [5, 5.41) is 3.03. The van der Waals surface area contributed by atoms with Crippen molar-refractivity contribution >= 4 is 17.5 Å². The fourth-order valence-electron chi connectivity index (χ4n) is 4.03. The van der Waals surface area contributed by atoms with Crippen molar-refractivity contribution in [1.29, 1.82) is 0 Å². The Morgan fingerprint density at radius 3 is 2.59 bits per heavy atom. The van der Waals surface area contributed by atoms with E-state index in [-0.39, 0.29) is 18.4 Å². The lowest BCUT2D eigenvalue weighted by atomic mass is 10.1. The molecule has 1 saturated heterocycles. The summed E-state index contributed by atoms with van der Waals surface area (Å²) in [6.45, 7) is 4.63. The number of ether oxygens (including phenoxy) is 1. The Hall–Kier alpha value is -2.86. The highest BCUT2D eigenvalue weighted by atomic mass is 16.5. The number of amides is 2. The number of likely N-dealkylation sites (tertiary alicyclic amines) is 1. The first kappa shape index (κ1) is 19.5. The topological polar surface area (TPSA) is 63.1 Å². The highest BCUT2D eigenvalue weighted by molar-refractivity contribution is 5.98. The van der Waals surface area contributed by atoms with Gasteiger partial charge in [-0.1, -0.05) is 24.3 Å². The van der Waals surface area contributed by atoms with Gasteiger partial charge in [-0.05, 0) is 49.1 Å². The number of hydrogen-bond donors (Lipinski definition) is 2. The van der Waals surface area contributed by atoms with Crippen molar-refractivity contribution in [3.05, 3.63) is 59.7 Å². The highest BCUT2D eigenvalue weighted by Gasteiger charge is 2.25. The van der Waals surface area contributed by atoms with Gasteiger partial charge < -0.3 is 19.9 Å². The molecule has 0 bridgehead atoms. The minimum absolute atomic E-state index is 0.0410. The largest absolute Gasteiger partial charge is 0.482 e. The van der Waals surface area contributed by atoms with Crippen LogP contribution in [-0.2, 0) is 11.3 Å². The number of fused-ring (bicyclic) bond motifs is 1. The molecule has 0 radical (unpaired) electrons. The molecule has 0 unspecified atom stereocenters. The van der Waals surface area contributed by atoms with Crippen LogP contribution in [0.4, 0.5) is 5.69 Å². The maximum atomic E-state index is 12.4. The molecular formula is C23H28N3O3+. The van der Waals surface area contributed by atoms with E-state index in [4.69, 9.17) is 4.74 Å². The van der Waals surface area contributed by atoms with Crippen molar-refractivity contribution in [2.75, 3.05) is 37.7 Å². The van der Waals surface area contributed by atoms with Gasteiger partial charge in [0.1, 0.15) is 5.75 Å². The third kappa shape index (κ3) is 4.77. The molecule has 0 aliphatic carbocycles. The molecule has 6 nitrogen and oxygen atoms in total. The van der Waals surface area contributed by atoms with Gasteiger partial charge in [-0.15, -0.1) is 0 Å². The third-order valence-electron chi connectivity index (χ3n) is 5.69. The van der Waals surface area contributed by atoms with E-state index < -0.39 is 0 Å². The summed E-state index contributed by atoms with van der Waals surface area (Å²) in [4.78, 5) is 28.0. The molecule has 2 aromatic carbocycles. The molecule has 4 rings (SSSR count). The predicted molar refractivity (Wildman–Crippen MR) is 111 cm³/mol. The number of benzene rings is 2. The Kier molecular flexibility index (Phi) is 6.10. The Morgan fingerprint density at radius 1 is 1.03 bits per heavy atom. The zero-order valence-electron chi connectivity index (χ0n) is 16.7. The first-order valence-electron chi connectivity index (χ1n) is 10.4. The van der Waals surface area contributed by atoms with E-state index in [0.29, 0.717) is 18.7 Å². The van der Waals surface area contributed by atoms with Gasteiger partial charge in [0.25, 0.3) is 11.8 Å². The summed E-state index contributed by atoms with van der Waals surface area (Å²) in [7, 11) is 0. The van der Waals surface area contributed by atoms with Crippen LogP contribution in [0.5, 0.6) is 5.75 Å². The number of nitrogens with one attached hydrogen (secondary N) is 2. The van der Waals surface area contributed by atoms with E-state index in [1.165, 1.54) is 32.4 Å². The van der Waals surface area contributed by atoms with Crippen LogP contribution in [0.2, 0.25) is 0 Å². The number of carbonyl (C=O) groups is 2. The molecule has 6 heteroatoms. The zero-order chi connectivity index (χ0) is 20.1. The second-order valence-electron chi connectivity index (χ2n) is 7.75. The second-order valence-corrected chi connectivity index (χ2v) is 7.75. The average molecular weight is 394 g/mol. The van der Waals surface area contributed by atoms with Crippen LogP contribution < -0.4 is 19.9 Å². The van der Waals surface area contributed by atoms with Crippen molar-refractivity contribution in [3.63, 3.8) is 0 Å². The Morgan fingerprint density at radius 2 is 1.79 bits per heavy atom. The van der Waals surface area contributed by atoms with Gasteiger partial charge in [-0.2, -0.15) is 0 Å². The number of para-hydroxylation sites is 2. The van der Waals surface area contributed by atoms with E-state index in [0.717, 1.165) is 23.5 Å². The monoisotopic (exact) mass is 394 g/mol. The van der Waals surface area contributed by atoms with Gasteiger partial charge >= 0.3 is 0 Å². The molecule has 0 spiro atoms. The van der Waals surface area contributed by atoms with E-state index >= 15 is 0 Å². The number of rotatable bonds is 6. The summed E-state index contributed by atoms with van der Waals surface area (Å²) < 4.78 is 5.49. The third-order valence-corrected chi connectivity index (χ3v) is 5.69. The van der Waals surface area contributed by atoms with Crippen molar-refractivity contribution < 1.29 is 19.2 Å². The average Bonchev–Trinajstić information content (AvgIpc) is 2.77. The molecular weight excluding hydrogens is 366 g/mol. The quantitative estimate of drug-likeness (QED) is 0.779. The van der Waals surface area contributed by atoms with Gasteiger partial charge in [0, 0.05) is 5.56 Å². The predicted octanol–water partition coefficient (Wildman–Crippen LogP) is 1.41. The van der Waals surface area contributed by atoms with Crippen LogP contribution in [-0.4, -0.2) is 44.6 Å². The lowest BCUT2D eigenvalue weighted by molar-refractivity contribution is -0.903. The maximum absolute atomic E-state index is 12.4. The molecule has 29 heavy (non-hydrogen) atoms. The van der Waals surface area contributed by atoms with Crippen molar-refractivity contribution in [2.24, 2.45) is 0 Å². The van der Waals surface area contributed by atoms with Crippen LogP contribution in [0, 0.1) is 0 Å². The maximum Gasteiger partial charge on any atom is 0.265 e. The Balaban J connectivity index is 1.33. The standard InChI is InChI=1S/C23H27N3O3/c27-22-17-29-21-7-3-2-6-20(21)26(22)16-18-8-10-19(11-9-18)23(28)24-12-15-25-13-4-1-5-14-25/h2-3,6-11H,1,4-5,12-17H2,(H,24,28)/p+1. The highest BCUT2D eigenvalue weighted by Crippen LogP contribution is 2.32. The molecule has 0 saturated carbocycles. The first-order valence-corrected chi connectivity index (χ1v) is 10.4. The molecule has 152 valence electrons. The lowest BCUT2D eigenvalue weighted by Crippen LogP contribution is -3.13. The van der Waals surface area contributed by atoms with Gasteiger partial charge in [0.15, 0.2) is 6.61 Å². The van der Waals surface area contributed by atoms with Gasteiger partial charge in [0.2, 0.25) is 0 Å². The zero-order valence-corrected chi connectivity index (χ0v) is 16.7. The van der Waals surface area contributed by atoms with E-state index in [1.807, 2.05) is 48.5 Å². The molecule has 0 atom stereocenters. The molecule has 2 aliphatic heterocycles. The van der Waals surface area contributed by atoms with Crippen molar-refractivity contribution in [2.45, 2.75) is 25.8 Å². The number of anilines is 1. The van der Waals surface area contributed by atoms with Gasteiger partial charge in [-0.3, -0.25) is 9.59 Å². The van der Waals surface area contributed by atoms with Crippen LogP contribution in [0.1, 0.15) is 35.2 Å². The fraction of sp³-hybridized carbons (Fsp3) is 0.391. The van der Waals surface area contributed by atoms with Crippen LogP contribution >= 0.6 is 0 Å². The molecule has 2 N–H and O–H groups in total. The molecule has 2 amide bonds. The Bertz CT molecular complexity index is 860. The second kappa shape index (κ2) is 9.09. The summed E-state index contributed by atoms with van der Waals surface area (Å²) in [6.07, 6.45) is 3.92. The molecule has 2 aliphatic rings. The molecule has 1 fully saturated rings. The van der Waals surface area contributed by atoms with E-state index in [2.05, 4.69) is 5.32 Å². The number of piperidine rings is 1. The number of hydrogen-bond acceptors (Lipinski definition) is 3. The number of quaternary nitrogens is 1. The van der Waals surface area contributed by atoms with Crippen molar-refractivity contribution in [1.82, 2.24) is 5.32 Å². The number of nitrogens with zero attached hydrogens (tertiary/aromatic N) is 1. The van der Waals surface area contributed by atoms with Gasteiger partial charge in [0.05, 0.1) is 38.4 Å². The molecule has 0 aromatic heterocycles. The summed E-state index contributed by atoms with van der Waals surface area (Å²) in [5.74, 6) is 0.616. The van der Waals surface area contributed by atoms with Crippen LogP contribution in [0.25, 0.3) is 0 Å². The van der Waals surface area contributed by atoms with Gasteiger partial charge in [-0.25, -0.2) is 0 Å². The van der Waals surface area contributed by atoms with Crippen LogP contribution in [0.3, 0.4) is 0 Å². The minimum Gasteiger partial charge on any atom is -0.482 e. The normalized spacial score (nSPS) is 16.8. The number of carbonyl (C=O) groups excluding carboxylic acids is 2. The van der Waals surface area contributed by atoms with E-state index in [1.54, 1.807) is 9.80 Å². The Labute approximate surface area is 171 Å². The summed E-state index contributed by atoms with van der Waals surface area (Å²) >= 11 is 0. The van der Waals surface area contributed by atoms with Crippen molar-refractivity contribution in [3.8, 4) is 5.75 Å². The molecule has 2 heterocycles.